The van der Waals surface area contributed by atoms with Crippen LogP contribution in [0.3, 0.4) is 0 Å². The Bertz CT molecular complexity index is 492. The van der Waals surface area contributed by atoms with Crippen LogP contribution in [-0.4, -0.2) is 51.5 Å². The number of hydrogen-bond donors (Lipinski definition) is 1. The second kappa shape index (κ2) is 7.22. The average molecular weight is 305 g/mol. The van der Waals surface area contributed by atoms with Crippen LogP contribution in [0, 0.1) is 0 Å². The summed E-state index contributed by atoms with van der Waals surface area (Å²) in [6, 6.07) is 0.762. The van der Waals surface area contributed by atoms with Gasteiger partial charge in [0, 0.05) is 12.6 Å². The van der Waals surface area contributed by atoms with Crippen LogP contribution in [-0.2, 0) is 0 Å². The quantitative estimate of drug-likeness (QED) is 0.924. The van der Waals surface area contributed by atoms with E-state index in [1.54, 1.807) is 0 Å². The normalized spacial score (nSPS) is 23.7. The van der Waals surface area contributed by atoms with Gasteiger partial charge in [-0.05, 0) is 51.6 Å². The molecule has 0 spiro atoms. The van der Waals surface area contributed by atoms with Gasteiger partial charge in [-0.3, -0.25) is 4.79 Å². The zero-order valence-corrected chi connectivity index (χ0v) is 13.5. The van der Waals surface area contributed by atoms with Crippen LogP contribution >= 0.6 is 0 Å². The Morgan fingerprint density at radius 3 is 2.91 bits per heavy atom. The van der Waals surface area contributed by atoms with Gasteiger partial charge in [-0.1, -0.05) is 18.6 Å². The largest absolute Gasteiger partial charge is 0.334 e. The Hall–Kier alpha value is -1.43. The van der Waals surface area contributed by atoms with Crippen molar-refractivity contribution in [2.75, 3.05) is 19.6 Å². The number of rotatable bonds is 4. The number of aromatic nitrogens is 3. The average Bonchev–Trinajstić information content (AvgIpc) is 3.06. The highest BCUT2D eigenvalue weighted by Gasteiger charge is 2.29. The lowest BCUT2D eigenvalue weighted by atomic mass is 9.98. The number of nitrogens with zero attached hydrogens (tertiary/aromatic N) is 4. The summed E-state index contributed by atoms with van der Waals surface area (Å²) in [6.45, 7) is 5.07. The highest BCUT2D eigenvalue weighted by Crippen LogP contribution is 2.23. The van der Waals surface area contributed by atoms with E-state index in [4.69, 9.17) is 0 Å². The third-order valence-electron chi connectivity index (χ3n) is 4.92. The van der Waals surface area contributed by atoms with Crippen molar-refractivity contribution in [2.24, 2.45) is 0 Å². The summed E-state index contributed by atoms with van der Waals surface area (Å²) in [7, 11) is 0. The van der Waals surface area contributed by atoms with Crippen molar-refractivity contribution < 1.29 is 4.79 Å². The van der Waals surface area contributed by atoms with Crippen molar-refractivity contribution in [2.45, 2.75) is 64.0 Å². The minimum absolute atomic E-state index is 0.0679. The third kappa shape index (κ3) is 3.32. The number of nitrogens with one attached hydrogen (secondary N) is 1. The standard InChI is InChI=1S/C16H27N5O/c1-2-5-13-6-3-4-11-20(13)16(22)15-12-21(19-18-15)14-7-9-17-10-8-14/h12-14,17H,2-11H2,1H3. The number of amides is 1. The molecular formula is C16H27N5O. The monoisotopic (exact) mass is 305 g/mol. The van der Waals surface area contributed by atoms with E-state index in [2.05, 4.69) is 22.6 Å². The first-order valence-corrected chi connectivity index (χ1v) is 8.73. The van der Waals surface area contributed by atoms with Crippen molar-refractivity contribution in [3.8, 4) is 0 Å². The number of carbonyl (C=O) groups excluding carboxylic acids is 1. The van der Waals surface area contributed by atoms with Gasteiger partial charge in [0.15, 0.2) is 5.69 Å². The Labute approximate surface area is 132 Å². The summed E-state index contributed by atoms with van der Waals surface area (Å²) in [6.07, 6.45) is 9.64. The minimum atomic E-state index is 0.0679. The highest BCUT2D eigenvalue weighted by atomic mass is 16.2. The molecular weight excluding hydrogens is 278 g/mol. The molecule has 1 amide bonds. The maximum absolute atomic E-state index is 12.8. The lowest BCUT2D eigenvalue weighted by Gasteiger charge is -2.35. The van der Waals surface area contributed by atoms with Gasteiger partial charge in [0.1, 0.15) is 0 Å². The molecule has 0 aliphatic carbocycles. The van der Waals surface area contributed by atoms with E-state index in [0.717, 1.165) is 58.2 Å². The fourth-order valence-corrected chi connectivity index (χ4v) is 3.67. The zero-order chi connectivity index (χ0) is 15.4. The van der Waals surface area contributed by atoms with Crippen molar-refractivity contribution in [1.29, 1.82) is 0 Å². The predicted molar refractivity (Wildman–Crippen MR) is 84.7 cm³/mol. The van der Waals surface area contributed by atoms with Crippen LogP contribution in [0.5, 0.6) is 0 Å². The van der Waals surface area contributed by atoms with Crippen LogP contribution < -0.4 is 5.32 Å². The molecule has 6 heteroatoms. The molecule has 3 rings (SSSR count). The van der Waals surface area contributed by atoms with E-state index in [1.165, 1.54) is 6.42 Å². The predicted octanol–water partition coefficient (Wildman–Crippen LogP) is 2.00. The van der Waals surface area contributed by atoms with Gasteiger partial charge in [-0.25, -0.2) is 4.68 Å². The molecule has 0 bridgehead atoms. The summed E-state index contributed by atoms with van der Waals surface area (Å²) in [5.74, 6) is 0.0679. The summed E-state index contributed by atoms with van der Waals surface area (Å²) < 4.78 is 1.90. The third-order valence-corrected chi connectivity index (χ3v) is 4.92. The maximum Gasteiger partial charge on any atom is 0.276 e. The molecule has 2 aliphatic rings. The van der Waals surface area contributed by atoms with Gasteiger partial charge >= 0.3 is 0 Å². The van der Waals surface area contributed by atoms with E-state index in [1.807, 2.05) is 15.8 Å². The fraction of sp³-hybridized carbons (Fsp3) is 0.812. The summed E-state index contributed by atoms with van der Waals surface area (Å²) in [4.78, 5) is 14.8. The zero-order valence-electron chi connectivity index (χ0n) is 13.5. The molecule has 3 heterocycles. The SMILES string of the molecule is CCCC1CCCCN1C(=O)c1cn(C2CCNCC2)nn1. The first-order valence-electron chi connectivity index (χ1n) is 8.73. The fourth-order valence-electron chi connectivity index (χ4n) is 3.67. The molecule has 2 fully saturated rings. The van der Waals surface area contributed by atoms with Crippen LogP contribution in [0.1, 0.15) is 68.4 Å². The van der Waals surface area contributed by atoms with Crippen molar-refractivity contribution in [3.05, 3.63) is 11.9 Å². The van der Waals surface area contributed by atoms with Gasteiger partial charge < -0.3 is 10.2 Å². The lowest BCUT2D eigenvalue weighted by molar-refractivity contribution is 0.0594. The van der Waals surface area contributed by atoms with Gasteiger partial charge in [-0.15, -0.1) is 5.10 Å². The molecule has 2 saturated heterocycles. The second-order valence-corrected chi connectivity index (χ2v) is 6.50. The summed E-state index contributed by atoms with van der Waals surface area (Å²) in [5.41, 5.74) is 0.515. The van der Waals surface area contributed by atoms with E-state index in [0.29, 0.717) is 17.8 Å². The van der Waals surface area contributed by atoms with E-state index < -0.39 is 0 Å². The molecule has 22 heavy (non-hydrogen) atoms. The summed E-state index contributed by atoms with van der Waals surface area (Å²) in [5, 5.41) is 11.7. The van der Waals surface area contributed by atoms with Crippen LogP contribution in [0.4, 0.5) is 0 Å². The summed E-state index contributed by atoms with van der Waals surface area (Å²) >= 11 is 0. The molecule has 0 aromatic carbocycles. The Morgan fingerprint density at radius 1 is 1.32 bits per heavy atom. The first kappa shape index (κ1) is 15.5. The molecule has 122 valence electrons. The molecule has 2 aliphatic heterocycles. The molecule has 6 nitrogen and oxygen atoms in total. The molecule has 0 radical (unpaired) electrons. The Kier molecular flexibility index (Phi) is 5.08. The number of piperidine rings is 2. The van der Waals surface area contributed by atoms with Crippen molar-refractivity contribution in [3.63, 3.8) is 0 Å². The molecule has 1 unspecified atom stereocenters. The molecule has 1 atom stereocenters. The Morgan fingerprint density at radius 2 is 2.14 bits per heavy atom. The van der Waals surface area contributed by atoms with E-state index >= 15 is 0 Å². The van der Waals surface area contributed by atoms with Gasteiger partial charge in [0.2, 0.25) is 0 Å². The van der Waals surface area contributed by atoms with Crippen molar-refractivity contribution in [1.82, 2.24) is 25.2 Å². The van der Waals surface area contributed by atoms with Crippen LogP contribution in [0.25, 0.3) is 0 Å². The molecule has 1 aromatic heterocycles. The minimum Gasteiger partial charge on any atom is -0.334 e. The van der Waals surface area contributed by atoms with Crippen LogP contribution in [0.2, 0.25) is 0 Å². The molecule has 0 saturated carbocycles. The van der Waals surface area contributed by atoms with Gasteiger partial charge in [-0.2, -0.15) is 0 Å². The lowest BCUT2D eigenvalue weighted by Crippen LogP contribution is -2.43. The number of hydrogen-bond acceptors (Lipinski definition) is 4. The molecule has 1 N–H and O–H groups in total. The Balaban J connectivity index is 1.69. The first-order chi connectivity index (χ1) is 10.8. The molecule has 1 aromatic rings. The number of likely N-dealkylation sites (tertiary alicyclic amines) is 1. The highest BCUT2D eigenvalue weighted by molar-refractivity contribution is 5.92. The van der Waals surface area contributed by atoms with Crippen LogP contribution in [0.15, 0.2) is 6.20 Å². The van der Waals surface area contributed by atoms with E-state index in [-0.39, 0.29) is 5.91 Å². The van der Waals surface area contributed by atoms with E-state index in [9.17, 15) is 4.79 Å². The smallest absolute Gasteiger partial charge is 0.276 e. The maximum atomic E-state index is 12.8. The topological polar surface area (TPSA) is 63.1 Å². The second-order valence-electron chi connectivity index (χ2n) is 6.50. The number of carbonyl (C=O) groups is 1. The van der Waals surface area contributed by atoms with Gasteiger partial charge in [0.25, 0.3) is 5.91 Å². The van der Waals surface area contributed by atoms with Gasteiger partial charge in [0.05, 0.1) is 12.2 Å². The van der Waals surface area contributed by atoms with Crippen molar-refractivity contribution >= 4 is 5.91 Å².